The third-order valence-corrected chi connectivity index (χ3v) is 8.84. The van der Waals surface area contributed by atoms with Gasteiger partial charge < -0.3 is 52.5 Å². The van der Waals surface area contributed by atoms with Crippen molar-refractivity contribution in [3.05, 3.63) is 0 Å². The monoisotopic (exact) mass is 832 g/mol. The van der Waals surface area contributed by atoms with Crippen LogP contribution in [0, 0.1) is 0 Å². The van der Waals surface area contributed by atoms with E-state index in [9.17, 15) is 38.7 Å². The summed E-state index contributed by atoms with van der Waals surface area (Å²) in [6.07, 6.45) is -10.3. The van der Waals surface area contributed by atoms with Gasteiger partial charge in [0.05, 0.1) is 0 Å². The Morgan fingerprint density at radius 3 is 1.31 bits per heavy atom. The van der Waals surface area contributed by atoms with Crippen molar-refractivity contribution in [2.45, 2.75) is 193 Å². The second kappa shape index (κ2) is 26.3. The molecule has 0 aromatic carbocycles. The van der Waals surface area contributed by atoms with Crippen LogP contribution >= 0.6 is 0 Å². The first-order valence-corrected chi connectivity index (χ1v) is 20.7. The molecule has 332 valence electrons. The molecular formula is C40H64O18. The summed E-state index contributed by atoms with van der Waals surface area (Å²) in [5.41, 5.74) is 0. The van der Waals surface area contributed by atoms with E-state index in [1.807, 2.05) is 0 Å². The van der Waals surface area contributed by atoms with Crippen LogP contribution in [0.5, 0.6) is 0 Å². The minimum atomic E-state index is -2.57. The summed E-state index contributed by atoms with van der Waals surface area (Å²) in [4.78, 5) is 90.2. The van der Waals surface area contributed by atoms with Crippen LogP contribution in [0.3, 0.4) is 0 Å². The molecule has 0 spiro atoms. The summed E-state index contributed by atoms with van der Waals surface area (Å²) >= 11 is 0. The van der Waals surface area contributed by atoms with Gasteiger partial charge in [0.1, 0.15) is 38.1 Å². The van der Waals surface area contributed by atoms with Crippen LogP contribution in [0.4, 0.5) is 0 Å². The molecule has 0 aliphatic carbocycles. The second-order valence-electron chi connectivity index (χ2n) is 14.2. The lowest BCUT2D eigenvalue weighted by Gasteiger charge is -2.45. The molecule has 2 rings (SSSR count). The van der Waals surface area contributed by atoms with Gasteiger partial charge in [-0.2, -0.15) is 0 Å². The predicted molar refractivity (Wildman–Crippen MR) is 200 cm³/mol. The van der Waals surface area contributed by atoms with E-state index in [4.69, 9.17) is 47.4 Å². The van der Waals surface area contributed by atoms with Crippen molar-refractivity contribution in [2.75, 3.05) is 19.8 Å². The highest BCUT2D eigenvalue weighted by Crippen LogP contribution is 2.39. The van der Waals surface area contributed by atoms with E-state index in [0.29, 0.717) is 44.9 Å². The first-order valence-electron chi connectivity index (χ1n) is 20.7. The van der Waals surface area contributed by atoms with Crippen LogP contribution in [0.15, 0.2) is 0 Å². The van der Waals surface area contributed by atoms with Crippen molar-refractivity contribution in [3.63, 3.8) is 0 Å². The van der Waals surface area contributed by atoms with Gasteiger partial charge in [-0.1, -0.05) is 48.5 Å². The third kappa shape index (κ3) is 16.1. The molecule has 2 heterocycles. The van der Waals surface area contributed by atoms with E-state index in [0.717, 1.165) is 0 Å². The van der Waals surface area contributed by atoms with Crippen LogP contribution in [0.1, 0.15) is 138 Å². The van der Waals surface area contributed by atoms with E-state index in [2.05, 4.69) is 0 Å². The first kappa shape index (κ1) is 50.3. The third-order valence-electron chi connectivity index (χ3n) is 8.84. The fourth-order valence-electron chi connectivity index (χ4n) is 6.10. The minimum absolute atomic E-state index is 0.00142. The lowest BCUT2D eigenvalue weighted by atomic mass is 9.97. The van der Waals surface area contributed by atoms with E-state index in [1.54, 1.807) is 48.5 Å². The fourth-order valence-corrected chi connectivity index (χ4v) is 6.10. The molecule has 2 aliphatic rings. The smallest absolute Gasteiger partial charge is 0.306 e. The van der Waals surface area contributed by atoms with Crippen LogP contribution in [0.25, 0.3) is 0 Å². The molecule has 0 aromatic heterocycles. The SMILES string of the molecule is CCCC(=O)OCC1OC(O)(COC(=O)CCC)C(OC(=O)CCC)C1O[C@@H]1O[C@H](COC(=O)CCC)[C@H](OC(=O)CCC)[C@H](OC(=O)CCC)[C@H]1OC(=O)CCC. The zero-order chi connectivity index (χ0) is 43.3. The molecule has 2 fully saturated rings. The highest BCUT2D eigenvalue weighted by atomic mass is 16.8. The molecule has 0 saturated carbocycles. The fraction of sp³-hybridized carbons (Fsp3) is 0.825. The molecule has 4 unspecified atom stereocenters. The number of aliphatic hydroxyl groups is 1. The Labute approximate surface area is 340 Å². The summed E-state index contributed by atoms with van der Waals surface area (Å²) in [7, 11) is 0. The number of carbonyl (C=O) groups excluding carboxylic acids is 7. The lowest BCUT2D eigenvalue weighted by molar-refractivity contribution is -0.324. The summed E-state index contributed by atoms with van der Waals surface area (Å²) in [6.45, 7) is 10.3. The predicted octanol–water partition coefficient (Wildman–Crippen LogP) is 4.06. The molecule has 0 radical (unpaired) electrons. The van der Waals surface area contributed by atoms with Gasteiger partial charge in [0.2, 0.25) is 5.79 Å². The first-order chi connectivity index (χ1) is 27.7. The van der Waals surface area contributed by atoms with Crippen molar-refractivity contribution in [1.82, 2.24) is 0 Å². The maximum Gasteiger partial charge on any atom is 0.306 e. The number of rotatable bonds is 26. The van der Waals surface area contributed by atoms with Gasteiger partial charge in [-0.15, -0.1) is 0 Å². The topological polar surface area (TPSA) is 232 Å². The minimum Gasteiger partial charge on any atom is -0.463 e. The average molecular weight is 833 g/mol. The highest BCUT2D eigenvalue weighted by Gasteiger charge is 2.62. The number of ether oxygens (including phenoxy) is 10. The molecule has 0 amide bonds. The van der Waals surface area contributed by atoms with E-state index in [1.165, 1.54) is 0 Å². The van der Waals surface area contributed by atoms with Gasteiger partial charge in [0.15, 0.2) is 30.7 Å². The van der Waals surface area contributed by atoms with Crippen LogP contribution in [0.2, 0.25) is 0 Å². The Morgan fingerprint density at radius 2 is 0.845 bits per heavy atom. The number of hydrogen-bond acceptors (Lipinski definition) is 18. The summed E-state index contributed by atoms with van der Waals surface area (Å²) in [5.74, 6) is -7.51. The molecule has 18 nitrogen and oxygen atoms in total. The Balaban J connectivity index is 2.81. The van der Waals surface area contributed by atoms with Crippen LogP contribution in [-0.2, 0) is 80.9 Å². The quantitative estimate of drug-likeness (QED) is 0.0956. The molecule has 0 bridgehead atoms. The van der Waals surface area contributed by atoms with Gasteiger partial charge in [-0.25, -0.2) is 0 Å². The standard InChI is InChI=1S/C40H64O18/c1-8-15-27(41)49-22-25-34(53-30(44)18-11-4)36(54-31(45)19-12-5)37(55-32(46)20-13-6)39(52-25)57-35-26(23-50-28(42)16-9-2)58-40(48,24-51-29(43)17-10-3)38(35)56-33(47)21-14-7/h25-26,34-39,48H,8-24H2,1-7H3/t25-,26?,34+,35?,36+,37-,38?,39+,40?/m1/s1. The zero-order valence-corrected chi connectivity index (χ0v) is 35.0. The van der Waals surface area contributed by atoms with Gasteiger partial charge in [0.25, 0.3) is 0 Å². The van der Waals surface area contributed by atoms with Gasteiger partial charge >= 0.3 is 41.8 Å². The van der Waals surface area contributed by atoms with Crippen molar-refractivity contribution in [1.29, 1.82) is 0 Å². The normalized spacial score (nSPS) is 26.6. The largest absolute Gasteiger partial charge is 0.463 e. The van der Waals surface area contributed by atoms with Gasteiger partial charge in [-0.3, -0.25) is 33.6 Å². The zero-order valence-electron chi connectivity index (χ0n) is 35.0. The average Bonchev–Trinajstić information content (AvgIpc) is 3.41. The maximum atomic E-state index is 13.3. The maximum absolute atomic E-state index is 13.3. The number of hydrogen-bond donors (Lipinski definition) is 1. The lowest BCUT2D eigenvalue weighted by Crippen LogP contribution is -2.64. The van der Waals surface area contributed by atoms with E-state index in [-0.39, 0.29) is 44.9 Å². The van der Waals surface area contributed by atoms with Gasteiger partial charge in [0, 0.05) is 44.9 Å². The van der Waals surface area contributed by atoms with Crippen LogP contribution in [-0.4, -0.2) is 122 Å². The summed E-state index contributed by atoms with van der Waals surface area (Å²) in [6, 6.07) is 0. The summed E-state index contributed by atoms with van der Waals surface area (Å²) < 4.78 is 58.4. The Hall–Kier alpha value is -3.87. The van der Waals surface area contributed by atoms with Crippen molar-refractivity contribution < 1.29 is 86.0 Å². The molecule has 2 aliphatic heterocycles. The molecular weight excluding hydrogens is 768 g/mol. The molecule has 0 aromatic rings. The molecule has 58 heavy (non-hydrogen) atoms. The molecule has 18 heteroatoms. The van der Waals surface area contributed by atoms with Crippen LogP contribution < -0.4 is 0 Å². The Morgan fingerprint density at radius 1 is 0.466 bits per heavy atom. The van der Waals surface area contributed by atoms with E-state index >= 15 is 0 Å². The highest BCUT2D eigenvalue weighted by molar-refractivity contribution is 5.72. The van der Waals surface area contributed by atoms with Gasteiger partial charge in [-0.05, 0) is 44.9 Å². The van der Waals surface area contributed by atoms with Crippen molar-refractivity contribution >= 4 is 41.8 Å². The van der Waals surface area contributed by atoms with Crippen molar-refractivity contribution in [3.8, 4) is 0 Å². The Kier molecular flexibility index (Phi) is 22.8. The molecule has 2 saturated heterocycles. The summed E-state index contributed by atoms with van der Waals surface area (Å²) in [5, 5.41) is 12.0. The van der Waals surface area contributed by atoms with E-state index < -0.39 is 116 Å². The molecule has 1 N–H and O–H groups in total. The van der Waals surface area contributed by atoms with Crippen molar-refractivity contribution in [2.24, 2.45) is 0 Å². The second-order valence-corrected chi connectivity index (χ2v) is 14.2. The number of esters is 7. The number of carbonyl (C=O) groups is 7. The molecule has 9 atom stereocenters. The Bertz CT molecular complexity index is 1340.